The largest absolute Gasteiger partial charge is 0.466 e. The molecule has 1 rings (SSSR count). The fourth-order valence-electron chi connectivity index (χ4n) is 1.54. The molecule has 0 saturated heterocycles. The SMILES string of the molecule is CCOC(=O)CCN(C)c1ccc(F)cc1C#N. The minimum Gasteiger partial charge on any atom is -0.466 e. The van der Waals surface area contributed by atoms with E-state index in [9.17, 15) is 9.18 Å². The predicted molar refractivity (Wildman–Crippen MR) is 65.6 cm³/mol. The number of esters is 1. The van der Waals surface area contributed by atoms with Crippen LogP contribution in [-0.2, 0) is 9.53 Å². The van der Waals surface area contributed by atoms with E-state index in [1.54, 1.807) is 18.9 Å². The average molecular weight is 250 g/mol. The van der Waals surface area contributed by atoms with Gasteiger partial charge in [0.1, 0.15) is 11.9 Å². The van der Waals surface area contributed by atoms with Crippen molar-refractivity contribution in [2.45, 2.75) is 13.3 Å². The van der Waals surface area contributed by atoms with Gasteiger partial charge < -0.3 is 9.64 Å². The van der Waals surface area contributed by atoms with Gasteiger partial charge in [-0.3, -0.25) is 4.79 Å². The number of carbonyl (C=O) groups excluding carboxylic acids is 1. The van der Waals surface area contributed by atoms with Crippen molar-refractivity contribution in [3.63, 3.8) is 0 Å². The molecule has 18 heavy (non-hydrogen) atoms. The van der Waals surface area contributed by atoms with Gasteiger partial charge in [0.15, 0.2) is 0 Å². The third-order valence-electron chi connectivity index (χ3n) is 2.45. The number of hydrogen-bond donors (Lipinski definition) is 0. The first kappa shape index (κ1) is 14.0. The smallest absolute Gasteiger partial charge is 0.307 e. The number of rotatable bonds is 5. The van der Waals surface area contributed by atoms with E-state index in [1.165, 1.54) is 18.2 Å². The molecule has 0 saturated carbocycles. The van der Waals surface area contributed by atoms with Gasteiger partial charge in [0.2, 0.25) is 0 Å². The van der Waals surface area contributed by atoms with Crippen LogP contribution in [0.2, 0.25) is 0 Å². The van der Waals surface area contributed by atoms with Crippen LogP contribution in [0.15, 0.2) is 18.2 Å². The van der Waals surface area contributed by atoms with Gasteiger partial charge in [-0.05, 0) is 25.1 Å². The summed E-state index contributed by atoms with van der Waals surface area (Å²) in [6.07, 6.45) is 0.229. The first-order valence-corrected chi connectivity index (χ1v) is 5.65. The molecule has 0 unspecified atom stereocenters. The van der Waals surface area contributed by atoms with Crippen LogP contribution < -0.4 is 4.90 Å². The second-order valence-corrected chi connectivity index (χ2v) is 3.75. The Morgan fingerprint density at radius 3 is 2.89 bits per heavy atom. The molecule has 0 bridgehead atoms. The summed E-state index contributed by atoms with van der Waals surface area (Å²) in [7, 11) is 1.74. The topological polar surface area (TPSA) is 53.3 Å². The van der Waals surface area contributed by atoms with Crippen LogP contribution in [0.3, 0.4) is 0 Å². The fourth-order valence-corrected chi connectivity index (χ4v) is 1.54. The molecule has 0 aliphatic heterocycles. The van der Waals surface area contributed by atoms with Gasteiger partial charge in [-0.15, -0.1) is 0 Å². The number of anilines is 1. The first-order chi connectivity index (χ1) is 8.58. The third-order valence-corrected chi connectivity index (χ3v) is 2.45. The first-order valence-electron chi connectivity index (χ1n) is 5.65. The zero-order chi connectivity index (χ0) is 13.5. The number of carbonyl (C=O) groups is 1. The molecule has 0 amide bonds. The van der Waals surface area contributed by atoms with Crippen LogP contribution in [-0.4, -0.2) is 26.2 Å². The Balaban J connectivity index is 2.70. The van der Waals surface area contributed by atoms with Crippen molar-refractivity contribution in [3.05, 3.63) is 29.6 Å². The summed E-state index contributed by atoms with van der Waals surface area (Å²) in [6.45, 7) is 2.51. The number of nitrogens with zero attached hydrogens (tertiary/aromatic N) is 2. The van der Waals surface area contributed by atoms with E-state index in [1.807, 2.05) is 6.07 Å². The minimum atomic E-state index is -0.450. The lowest BCUT2D eigenvalue weighted by Crippen LogP contribution is -2.22. The minimum absolute atomic E-state index is 0.229. The maximum atomic E-state index is 13.0. The Labute approximate surface area is 106 Å². The molecule has 0 heterocycles. The van der Waals surface area contributed by atoms with Gasteiger partial charge in [-0.2, -0.15) is 5.26 Å². The van der Waals surface area contributed by atoms with Gasteiger partial charge >= 0.3 is 5.97 Å². The van der Waals surface area contributed by atoms with Crippen LogP contribution >= 0.6 is 0 Å². The average Bonchev–Trinajstić information content (AvgIpc) is 2.36. The van der Waals surface area contributed by atoms with Crippen molar-refractivity contribution in [3.8, 4) is 6.07 Å². The standard InChI is InChI=1S/C13H15FN2O2/c1-3-18-13(17)6-7-16(2)12-5-4-11(14)8-10(12)9-15/h4-5,8H,3,6-7H2,1-2H3. The maximum Gasteiger partial charge on any atom is 0.307 e. The van der Waals surface area contributed by atoms with Gasteiger partial charge in [-0.1, -0.05) is 0 Å². The molecular formula is C13H15FN2O2. The van der Waals surface area contributed by atoms with Crippen molar-refractivity contribution in [2.24, 2.45) is 0 Å². The molecule has 0 fully saturated rings. The summed E-state index contributed by atoms with van der Waals surface area (Å²) in [5.41, 5.74) is 0.851. The Bertz CT molecular complexity index is 469. The summed E-state index contributed by atoms with van der Waals surface area (Å²) in [5.74, 6) is -0.737. The number of nitriles is 1. The highest BCUT2D eigenvalue weighted by molar-refractivity contribution is 5.70. The summed E-state index contributed by atoms with van der Waals surface area (Å²) < 4.78 is 17.8. The monoisotopic (exact) mass is 250 g/mol. The number of ether oxygens (including phenoxy) is 1. The fraction of sp³-hybridized carbons (Fsp3) is 0.385. The Kier molecular flexibility index (Phi) is 5.12. The molecule has 5 heteroatoms. The highest BCUT2D eigenvalue weighted by Gasteiger charge is 2.10. The summed E-state index contributed by atoms with van der Waals surface area (Å²) in [4.78, 5) is 12.9. The molecule has 0 aromatic heterocycles. The van der Waals surface area contributed by atoms with E-state index in [2.05, 4.69) is 0 Å². The second-order valence-electron chi connectivity index (χ2n) is 3.75. The molecule has 96 valence electrons. The van der Waals surface area contributed by atoms with Crippen LogP contribution in [0.4, 0.5) is 10.1 Å². The van der Waals surface area contributed by atoms with Crippen molar-refractivity contribution < 1.29 is 13.9 Å². The Morgan fingerprint density at radius 1 is 1.56 bits per heavy atom. The van der Waals surface area contributed by atoms with E-state index in [-0.39, 0.29) is 18.0 Å². The van der Waals surface area contributed by atoms with E-state index in [0.717, 1.165) is 0 Å². The molecular weight excluding hydrogens is 235 g/mol. The molecule has 0 radical (unpaired) electrons. The lowest BCUT2D eigenvalue weighted by molar-refractivity contribution is -0.142. The zero-order valence-corrected chi connectivity index (χ0v) is 10.4. The Morgan fingerprint density at radius 2 is 2.28 bits per heavy atom. The van der Waals surface area contributed by atoms with Crippen molar-refractivity contribution in [2.75, 3.05) is 25.1 Å². The van der Waals surface area contributed by atoms with Crippen LogP contribution in [0.1, 0.15) is 18.9 Å². The molecule has 0 aliphatic rings. The van der Waals surface area contributed by atoms with Crippen LogP contribution in [0.5, 0.6) is 0 Å². The van der Waals surface area contributed by atoms with E-state index in [4.69, 9.17) is 10.00 Å². The van der Waals surface area contributed by atoms with Crippen molar-refractivity contribution in [1.82, 2.24) is 0 Å². The lowest BCUT2D eigenvalue weighted by Gasteiger charge is -2.19. The molecule has 1 aromatic carbocycles. The third kappa shape index (κ3) is 3.74. The molecule has 1 aromatic rings. The number of benzene rings is 1. The van der Waals surface area contributed by atoms with Gasteiger partial charge in [0.05, 0.1) is 24.3 Å². The zero-order valence-electron chi connectivity index (χ0n) is 10.4. The van der Waals surface area contributed by atoms with Crippen molar-refractivity contribution >= 4 is 11.7 Å². The lowest BCUT2D eigenvalue weighted by atomic mass is 10.1. The van der Waals surface area contributed by atoms with Gasteiger partial charge in [0, 0.05) is 13.6 Å². The molecule has 4 nitrogen and oxygen atoms in total. The predicted octanol–water partition coefficient (Wildman–Crippen LogP) is 2.09. The van der Waals surface area contributed by atoms with Crippen molar-refractivity contribution in [1.29, 1.82) is 5.26 Å². The van der Waals surface area contributed by atoms with E-state index >= 15 is 0 Å². The quantitative estimate of drug-likeness (QED) is 0.751. The summed E-state index contributed by atoms with van der Waals surface area (Å²) in [6, 6.07) is 5.92. The highest BCUT2D eigenvalue weighted by Crippen LogP contribution is 2.19. The summed E-state index contributed by atoms with van der Waals surface area (Å²) >= 11 is 0. The maximum absolute atomic E-state index is 13.0. The summed E-state index contributed by atoms with van der Waals surface area (Å²) in [5, 5.41) is 8.92. The second kappa shape index (κ2) is 6.60. The normalized spacial score (nSPS) is 9.67. The van der Waals surface area contributed by atoms with Gasteiger partial charge in [-0.25, -0.2) is 4.39 Å². The number of hydrogen-bond acceptors (Lipinski definition) is 4. The van der Waals surface area contributed by atoms with E-state index in [0.29, 0.717) is 18.8 Å². The molecule has 0 atom stereocenters. The number of halogens is 1. The Hall–Kier alpha value is -2.09. The van der Waals surface area contributed by atoms with Gasteiger partial charge in [0.25, 0.3) is 0 Å². The molecule has 0 N–H and O–H groups in total. The van der Waals surface area contributed by atoms with E-state index < -0.39 is 5.82 Å². The van der Waals surface area contributed by atoms with Crippen LogP contribution in [0, 0.1) is 17.1 Å². The molecule has 0 aliphatic carbocycles. The molecule has 0 spiro atoms. The van der Waals surface area contributed by atoms with Crippen LogP contribution in [0.25, 0.3) is 0 Å². The highest BCUT2D eigenvalue weighted by atomic mass is 19.1.